The van der Waals surface area contributed by atoms with Crippen molar-refractivity contribution >= 4 is 17.2 Å². The molecule has 1 aromatic heterocycles. The molecule has 1 heterocycles. The molecule has 0 radical (unpaired) electrons. The average Bonchev–Trinajstić information content (AvgIpc) is 2.82. The summed E-state index contributed by atoms with van der Waals surface area (Å²) in [6.45, 7) is 9.07. The summed E-state index contributed by atoms with van der Waals surface area (Å²) >= 11 is 1.41. The number of amides is 1. The number of nitrogens with one attached hydrogen (secondary N) is 1. The van der Waals surface area contributed by atoms with Gasteiger partial charge in [0.25, 0.3) is 5.91 Å². The Balaban J connectivity index is 2.62. The van der Waals surface area contributed by atoms with Gasteiger partial charge in [0.05, 0.1) is 10.4 Å². The number of aliphatic hydroxyl groups is 1. The third kappa shape index (κ3) is 4.70. The van der Waals surface area contributed by atoms with Crippen LogP contribution in [-0.4, -0.2) is 24.2 Å². The standard InChI is InChI=1S/C15H21NO2S/c1-11(2)15(3,4)10-16-14(18)12-8-13(19-9-12)6-5-7-17/h8-9,11,17H,7,10H2,1-4H3,(H,16,18). The summed E-state index contributed by atoms with van der Waals surface area (Å²) in [5, 5.41) is 13.4. The van der Waals surface area contributed by atoms with E-state index >= 15 is 0 Å². The van der Waals surface area contributed by atoms with Crippen molar-refractivity contribution in [1.29, 1.82) is 0 Å². The summed E-state index contributed by atoms with van der Waals surface area (Å²) in [4.78, 5) is 12.8. The predicted molar refractivity (Wildman–Crippen MR) is 79.2 cm³/mol. The summed E-state index contributed by atoms with van der Waals surface area (Å²) in [5.74, 6) is 5.80. The lowest BCUT2D eigenvalue weighted by atomic mass is 9.81. The monoisotopic (exact) mass is 279 g/mol. The first-order valence-corrected chi connectivity index (χ1v) is 7.21. The molecular weight excluding hydrogens is 258 g/mol. The van der Waals surface area contributed by atoms with E-state index in [0.29, 0.717) is 18.0 Å². The summed E-state index contributed by atoms with van der Waals surface area (Å²) in [5.41, 5.74) is 0.706. The van der Waals surface area contributed by atoms with E-state index in [-0.39, 0.29) is 17.9 Å². The van der Waals surface area contributed by atoms with Crippen LogP contribution in [0.3, 0.4) is 0 Å². The van der Waals surface area contributed by atoms with Gasteiger partial charge in [0, 0.05) is 11.9 Å². The minimum Gasteiger partial charge on any atom is -0.384 e. The van der Waals surface area contributed by atoms with E-state index < -0.39 is 0 Å². The van der Waals surface area contributed by atoms with Crippen LogP contribution in [0.1, 0.15) is 42.9 Å². The Kier molecular flexibility index (Phi) is 5.59. The molecule has 0 aliphatic carbocycles. The number of rotatable bonds is 4. The van der Waals surface area contributed by atoms with Crippen molar-refractivity contribution in [1.82, 2.24) is 5.32 Å². The second-order valence-corrected chi connectivity index (χ2v) is 6.40. The quantitative estimate of drug-likeness (QED) is 0.832. The van der Waals surface area contributed by atoms with Gasteiger partial charge in [-0.05, 0) is 17.4 Å². The second kappa shape index (κ2) is 6.74. The first kappa shape index (κ1) is 15.7. The molecule has 1 amide bonds. The highest BCUT2D eigenvalue weighted by Gasteiger charge is 2.23. The highest BCUT2D eigenvalue weighted by molar-refractivity contribution is 7.10. The lowest BCUT2D eigenvalue weighted by molar-refractivity contribution is 0.0925. The molecule has 0 atom stereocenters. The highest BCUT2D eigenvalue weighted by Crippen LogP contribution is 2.25. The fraction of sp³-hybridized carbons (Fsp3) is 0.533. The van der Waals surface area contributed by atoms with Crippen LogP contribution in [0.2, 0.25) is 0 Å². The molecule has 4 heteroatoms. The van der Waals surface area contributed by atoms with Crippen LogP contribution >= 0.6 is 11.3 Å². The first-order valence-electron chi connectivity index (χ1n) is 6.33. The van der Waals surface area contributed by atoms with Gasteiger partial charge >= 0.3 is 0 Å². The molecule has 0 aromatic carbocycles. The van der Waals surface area contributed by atoms with Gasteiger partial charge in [-0.1, -0.05) is 39.5 Å². The number of thiophene rings is 1. The van der Waals surface area contributed by atoms with Gasteiger partial charge in [-0.25, -0.2) is 0 Å². The molecule has 0 aliphatic heterocycles. The molecule has 19 heavy (non-hydrogen) atoms. The van der Waals surface area contributed by atoms with E-state index in [1.165, 1.54) is 11.3 Å². The van der Waals surface area contributed by atoms with Crippen LogP contribution in [0.15, 0.2) is 11.4 Å². The molecule has 0 unspecified atom stereocenters. The summed E-state index contributed by atoms with van der Waals surface area (Å²) in [6, 6.07) is 1.75. The molecule has 0 saturated carbocycles. The Hall–Kier alpha value is -1.31. The Morgan fingerprint density at radius 2 is 2.21 bits per heavy atom. The van der Waals surface area contributed by atoms with Gasteiger partial charge in [0.2, 0.25) is 0 Å². The second-order valence-electron chi connectivity index (χ2n) is 5.49. The number of carbonyl (C=O) groups is 1. The number of aliphatic hydroxyl groups excluding tert-OH is 1. The fourth-order valence-electron chi connectivity index (χ4n) is 1.26. The van der Waals surface area contributed by atoms with E-state index in [1.54, 1.807) is 11.4 Å². The SMILES string of the molecule is CC(C)C(C)(C)CNC(=O)c1csc(C#CCO)c1. The van der Waals surface area contributed by atoms with E-state index in [2.05, 4.69) is 44.9 Å². The van der Waals surface area contributed by atoms with Crippen LogP contribution < -0.4 is 5.32 Å². The third-order valence-corrected chi connectivity index (χ3v) is 4.27. The molecule has 0 saturated heterocycles. The van der Waals surface area contributed by atoms with Crippen molar-refractivity contribution in [2.75, 3.05) is 13.2 Å². The predicted octanol–water partition coefficient (Wildman–Crippen LogP) is 2.50. The van der Waals surface area contributed by atoms with Crippen molar-refractivity contribution in [2.24, 2.45) is 11.3 Å². The molecule has 104 valence electrons. The Morgan fingerprint density at radius 3 is 2.79 bits per heavy atom. The summed E-state index contributed by atoms with van der Waals surface area (Å²) < 4.78 is 0. The van der Waals surface area contributed by atoms with Crippen molar-refractivity contribution in [3.63, 3.8) is 0 Å². The van der Waals surface area contributed by atoms with E-state index in [0.717, 1.165) is 4.88 Å². The largest absolute Gasteiger partial charge is 0.384 e. The van der Waals surface area contributed by atoms with Gasteiger partial charge in [-0.2, -0.15) is 0 Å². The van der Waals surface area contributed by atoms with E-state index in [9.17, 15) is 4.79 Å². The number of hydrogen-bond acceptors (Lipinski definition) is 3. The van der Waals surface area contributed by atoms with Gasteiger partial charge in [0.1, 0.15) is 6.61 Å². The first-order chi connectivity index (χ1) is 8.86. The number of hydrogen-bond donors (Lipinski definition) is 2. The maximum atomic E-state index is 12.0. The Morgan fingerprint density at radius 1 is 1.53 bits per heavy atom. The molecular formula is C15H21NO2S. The molecule has 0 fully saturated rings. The van der Waals surface area contributed by atoms with E-state index in [4.69, 9.17) is 5.11 Å². The van der Waals surface area contributed by atoms with E-state index in [1.807, 2.05) is 0 Å². The van der Waals surface area contributed by atoms with Crippen LogP contribution in [-0.2, 0) is 0 Å². The third-order valence-electron chi connectivity index (χ3n) is 3.42. The zero-order chi connectivity index (χ0) is 14.5. The highest BCUT2D eigenvalue weighted by atomic mass is 32.1. The minimum absolute atomic E-state index is 0.0676. The van der Waals surface area contributed by atoms with Crippen LogP contribution in [0.5, 0.6) is 0 Å². The summed E-state index contributed by atoms with van der Waals surface area (Å²) in [6.07, 6.45) is 0. The normalized spacial score (nSPS) is 11.1. The Bertz CT molecular complexity index is 492. The molecule has 0 spiro atoms. The lowest BCUT2D eigenvalue weighted by Crippen LogP contribution is -2.36. The molecule has 3 nitrogen and oxygen atoms in total. The van der Waals surface area contributed by atoms with Crippen LogP contribution in [0.4, 0.5) is 0 Å². The Labute approximate surface area is 119 Å². The van der Waals surface area contributed by atoms with Crippen LogP contribution in [0, 0.1) is 23.2 Å². The molecule has 0 aliphatic rings. The van der Waals surface area contributed by atoms with Gasteiger partial charge in [-0.3, -0.25) is 4.79 Å². The van der Waals surface area contributed by atoms with Crippen LogP contribution in [0.25, 0.3) is 0 Å². The zero-order valence-corrected chi connectivity index (χ0v) is 12.7. The van der Waals surface area contributed by atoms with Crippen molar-refractivity contribution < 1.29 is 9.90 Å². The van der Waals surface area contributed by atoms with Crippen molar-refractivity contribution in [2.45, 2.75) is 27.7 Å². The van der Waals surface area contributed by atoms with Gasteiger partial charge in [-0.15, -0.1) is 11.3 Å². The van der Waals surface area contributed by atoms with Crippen molar-refractivity contribution in [3.05, 3.63) is 21.9 Å². The number of carbonyl (C=O) groups excluding carboxylic acids is 1. The zero-order valence-electron chi connectivity index (χ0n) is 11.9. The maximum absolute atomic E-state index is 12.0. The molecule has 0 bridgehead atoms. The molecule has 2 N–H and O–H groups in total. The van der Waals surface area contributed by atoms with Gasteiger partial charge < -0.3 is 10.4 Å². The smallest absolute Gasteiger partial charge is 0.252 e. The maximum Gasteiger partial charge on any atom is 0.252 e. The lowest BCUT2D eigenvalue weighted by Gasteiger charge is -2.29. The minimum atomic E-state index is -0.165. The molecule has 1 rings (SSSR count). The topological polar surface area (TPSA) is 49.3 Å². The van der Waals surface area contributed by atoms with Crippen molar-refractivity contribution in [3.8, 4) is 11.8 Å². The fourth-order valence-corrected chi connectivity index (χ4v) is 2.02. The van der Waals surface area contributed by atoms with Gasteiger partial charge in [0.15, 0.2) is 0 Å². The summed E-state index contributed by atoms with van der Waals surface area (Å²) in [7, 11) is 0. The average molecular weight is 279 g/mol. The molecule has 1 aromatic rings.